The second-order valence-electron chi connectivity index (χ2n) is 4.64. The fourth-order valence-electron chi connectivity index (χ4n) is 1.99. The molecule has 0 spiro atoms. The van der Waals surface area contributed by atoms with Crippen molar-refractivity contribution in [3.05, 3.63) is 60.3 Å². The number of anilines is 1. The van der Waals surface area contributed by atoms with Gasteiger partial charge in [0.1, 0.15) is 5.75 Å². The summed E-state index contributed by atoms with van der Waals surface area (Å²) in [5, 5.41) is 3.03. The van der Waals surface area contributed by atoms with Gasteiger partial charge in [-0.15, -0.1) is 0 Å². The Kier molecular flexibility index (Phi) is 5.63. The molecule has 0 bridgehead atoms. The van der Waals surface area contributed by atoms with E-state index in [9.17, 15) is 4.79 Å². The van der Waals surface area contributed by atoms with E-state index in [0.29, 0.717) is 17.1 Å². The maximum absolute atomic E-state index is 12.2. The lowest BCUT2D eigenvalue weighted by Gasteiger charge is -2.08. The smallest absolute Gasteiger partial charge is 0.187 e. The predicted octanol–water partition coefficient (Wildman–Crippen LogP) is 3.52. The summed E-state index contributed by atoms with van der Waals surface area (Å²) in [5.41, 5.74) is 1.39. The first kappa shape index (κ1) is 16.4. The molecule has 1 N–H and O–H groups in total. The lowest BCUT2D eigenvalue weighted by atomic mass is 10.1. The van der Waals surface area contributed by atoms with Crippen LogP contribution in [0.25, 0.3) is 0 Å². The second-order valence-corrected chi connectivity index (χ2v) is 4.64. The monoisotopic (exact) mass is 313 g/mol. The molecule has 120 valence electrons. The molecule has 0 fully saturated rings. The van der Waals surface area contributed by atoms with E-state index >= 15 is 0 Å². The second kappa shape index (κ2) is 7.89. The number of hydrogen-bond donors (Lipinski definition) is 1. The summed E-state index contributed by atoms with van der Waals surface area (Å²) in [6, 6.07) is 12.5. The van der Waals surface area contributed by atoms with Crippen molar-refractivity contribution >= 4 is 11.5 Å². The molecule has 0 radical (unpaired) electrons. The van der Waals surface area contributed by atoms with Gasteiger partial charge in [-0.1, -0.05) is 0 Å². The van der Waals surface area contributed by atoms with Gasteiger partial charge in [0.15, 0.2) is 17.3 Å². The Morgan fingerprint density at radius 2 is 1.61 bits per heavy atom. The van der Waals surface area contributed by atoms with E-state index in [1.165, 1.54) is 13.2 Å². The third kappa shape index (κ3) is 4.26. The average Bonchev–Trinajstić information content (AvgIpc) is 2.61. The molecule has 2 rings (SSSR count). The van der Waals surface area contributed by atoms with Crippen LogP contribution in [-0.2, 0) is 0 Å². The number of benzene rings is 2. The number of carbonyl (C=O) groups is 1. The molecule has 5 nitrogen and oxygen atoms in total. The maximum Gasteiger partial charge on any atom is 0.187 e. The molecule has 0 amide bonds. The first-order valence-corrected chi connectivity index (χ1v) is 7.01. The molecule has 0 aliphatic carbocycles. The zero-order valence-electron chi connectivity index (χ0n) is 13.3. The number of ketones is 1. The molecule has 0 aliphatic heterocycles. The van der Waals surface area contributed by atoms with Crippen LogP contribution in [0.3, 0.4) is 0 Å². The Labute approximate surface area is 135 Å². The van der Waals surface area contributed by atoms with Crippen LogP contribution < -0.4 is 19.5 Å². The minimum absolute atomic E-state index is 0.132. The summed E-state index contributed by atoms with van der Waals surface area (Å²) in [7, 11) is 4.70. The topological polar surface area (TPSA) is 56.8 Å². The molecule has 0 heterocycles. The summed E-state index contributed by atoms with van der Waals surface area (Å²) in [5.74, 6) is 1.76. The molecule has 0 unspecified atom stereocenters. The van der Waals surface area contributed by atoms with Crippen molar-refractivity contribution < 1.29 is 19.0 Å². The predicted molar refractivity (Wildman–Crippen MR) is 89.6 cm³/mol. The molecule has 0 saturated heterocycles. The third-order valence-corrected chi connectivity index (χ3v) is 3.24. The van der Waals surface area contributed by atoms with Gasteiger partial charge >= 0.3 is 0 Å². The molecular formula is C18H19NO4. The molecule has 0 aliphatic rings. The van der Waals surface area contributed by atoms with Crippen LogP contribution in [0.4, 0.5) is 5.69 Å². The van der Waals surface area contributed by atoms with Gasteiger partial charge in [0.25, 0.3) is 0 Å². The molecule has 0 saturated carbocycles. The van der Waals surface area contributed by atoms with E-state index in [4.69, 9.17) is 14.2 Å². The number of ether oxygens (including phenoxy) is 3. The number of hydrogen-bond acceptors (Lipinski definition) is 5. The van der Waals surface area contributed by atoms with Gasteiger partial charge in [-0.3, -0.25) is 4.79 Å². The van der Waals surface area contributed by atoms with Crippen LogP contribution in [0.2, 0.25) is 0 Å². The van der Waals surface area contributed by atoms with Gasteiger partial charge in [0.05, 0.1) is 21.3 Å². The molecule has 0 aromatic heterocycles. The Hall–Kier alpha value is -2.95. The zero-order valence-corrected chi connectivity index (χ0v) is 13.3. The third-order valence-electron chi connectivity index (χ3n) is 3.24. The van der Waals surface area contributed by atoms with Gasteiger partial charge in [-0.25, -0.2) is 0 Å². The van der Waals surface area contributed by atoms with Crippen molar-refractivity contribution in [1.82, 2.24) is 0 Å². The summed E-state index contributed by atoms with van der Waals surface area (Å²) < 4.78 is 15.4. The molecule has 0 atom stereocenters. The van der Waals surface area contributed by atoms with E-state index in [1.807, 2.05) is 24.3 Å². The lowest BCUT2D eigenvalue weighted by Crippen LogP contribution is -1.98. The fraction of sp³-hybridized carbons (Fsp3) is 0.167. The van der Waals surface area contributed by atoms with E-state index in [2.05, 4.69) is 5.32 Å². The zero-order chi connectivity index (χ0) is 16.7. The summed E-state index contributed by atoms with van der Waals surface area (Å²) >= 11 is 0. The van der Waals surface area contributed by atoms with Crippen LogP contribution in [0.5, 0.6) is 17.2 Å². The van der Waals surface area contributed by atoms with Crippen molar-refractivity contribution in [1.29, 1.82) is 0 Å². The largest absolute Gasteiger partial charge is 0.497 e. The van der Waals surface area contributed by atoms with Crippen LogP contribution in [0, 0.1) is 0 Å². The first-order chi connectivity index (χ1) is 11.2. The Morgan fingerprint density at radius 1 is 0.913 bits per heavy atom. The van der Waals surface area contributed by atoms with Crippen molar-refractivity contribution in [3.8, 4) is 17.2 Å². The Bertz CT molecular complexity index is 693. The minimum Gasteiger partial charge on any atom is -0.497 e. The van der Waals surface area contributed by atoms with Crippen molar-refractivity contribution in [3.63, 3.8) is 0 Å². The lowest BCUT2D eigenvalue weighted by molar-refractivity contribution is 0.104. The van der Waals surface area contributed by atoms with Crippen LogP contribution in [-0.4, -0.2) is 27.1 Å². The van der Waals surface area contributed by atoms with Crippen LogP contribution in [0.15, 0.2) is 54.7 Å². The minimum atomic E-state index is -0.132. The van der Waals surface area contributed by atoms with Crippen LogP contribution >= 0.6 is 0 Å². The van der Waals surface area contributed by atoms with Gasteiger partial charge in [-0.2, -0.15) is 0 Å². The number of carbonyl (C=O) groups excluding carboxylic acids is 1. The summed E-state index contributed by atoms with van der Waals surface area (Å²) in [6.07, 6.45) is 3.06. The van der Waals surface area contributed by atoms with E-state index < -0.39 is 0 Å². The number of allylic oxidation sites excluding steroid dienone is 1. The molecular weight excluding hydrogens is 294 g/mol. The quantitative estimate of drug-likeness (QED) is 0.626. The number of rotatable bonds is 7. The molecule has 2 aromatic rings. The molecule has 5 heteroatoms. The van der Waals surface area contributed by atoms with E-state index in [-0.39, 0.29) is 5.78 Å². The Morgan fingerprint density at radius 3 is 2.22 bits per heavy atom. The highest BCUT2D eigenvalue weighted by Crippen LogP contribution is 2.27. The maximum atomic E-state index is 12.2. The molecule has 23 heavy (non-hydrogen) atoms. The fourth-order valence-corrected chi connectivity index (χ4v) is 1.99. The SMILES string of the molecule is COc1ccc(NC=CC(=O)c2ccc(OC)c(OC)c2)cc1. The van der Waals surface area contributed by atoms with Gasteiger partial charge in [-0.05, 0) is 42.5 Å². The van der Waals surface area contributed by atoms with Crippen molar-refractivity contribution in [2.45, 2.75) is 0 Å². The van der Waals surface area contributed by atoms with Crippen LogP contribution in [0.1, 0.15) is 10.4 Å². The normalized spacial score (nSPS) is 10.4. The highest BCUT2D eigenvalue weighted by atomic mass is 16.5. The van der Waals surface area contributed by atoms with E-state index in [1.54, 1.807) is 38.6 Å². The van der Waals surface area contributed by atoms with E-state index in [0.717, 1.165) is 11.4 Å². The number of nitrogens with one attached hydrogen (secondary N) is 1. The van der Waals surface area contributed by atoms with Gasteiger partial charge in [0, 0.05) is 23.5 Å². The number of methoxy groups -OCH3 is 3. The van der Waals surface area contributed by atoms with Gasteiger partial charge in [0.2, 0.25) is 0 Å². The summed E-state index contributed by atoms with van der Waals surface area (Å²) in [6.45, 7) is 0. The van der Waals surface area contributed by atoms with Crippen molar-refractivity contribution in [2.24, 2.45) is 0 Å². The highest BCUT2D eigenvalue weighted by Gasteiger charge is 2.08. The first-order valence-electron chi connectivity index (χ1n) is 7.01. The average molecular weight is 313 g/mol. The molecule has 2 aromatic carbocycles. The standard InChI is InChI=1S/C18H19NO4/c1-21-15-7-5-14(6-8-15)19-11-10-16(20)13-4-9-17(22-2)18(12-13)23-3/h4-12,19H,1-3H3. The highest BCUT2D eigenvalue weighted by molar-refractivity contribution is 6.05. The van der Waals surface area contributed by atoms with Crippen molar-refractivity contribution in [2.75, 3.05) is 26.6 Å². The summed E-state index contributed by atoms with van der Waals surface area (Å²) in [4.78, 5) is 12.2. The Balaban J connectivity index is 2.03. The van der Waals surface area contributed by atoms with Gasteiger partial charge < -0.3 is 19.5 Å².